The molecule has 2 aromatic heterocycles. The summed E-state index contributed by atoms with van der Waals surface area (Å²) in [7, 11) is 0. The van der Waals surface area contributed by atoms with Gasteiger partial charge in [-0.1, -0.05) is 6.07 Å². The first kappa shape index (κ1) is 14.2. The van der Waals surface area contributed by atoms with E-state index in [-0.39, 0.29) is 12.1 Å². The highest BCUT2D eigenvalue weighted by Gasteiger charge is 2.21. The molecule has 1 amide bonds. The van der Waals surface area contributed by atoms with Crippen molar-refractivity contribution in [2.45, 2.75) is 12.5 Å². The highest BCUT2D eigenvalue weighted by molar-refractivity contribution is 7.20. The molecule has 7 heteroatoms. The molecule has 0 fully saturated rings. The van der Waals surface area contributed by atoms with Crippen LogP contribution in [0.25, 0.3) is 9.88 Å². The van der Waals surface area contributed by atoms with Crippen LogP contribution in [0, 0.1) is 12.3 Å². The Balaban J connectivity index is 2.10. The minimum atomic E-state index is -1.16. The number of carbonyl (C=O) groups excluding carboxylic acids is 1. The molecular weight excluding hydrogens is 296 g/mol. The molecule has 2 heterocycles. The Morgan fingerprint density at radius 1 is 1.50 bits per heavy atom. The number of amides is 1. The zero-order valence-corrected chi connectivity index (χ0v) is 11.8. The number of carboxylic acids is 1. The van der Waals surface area contributed by atoms with Crippen molar-refractivity contribution < 1.29 is 14.7 Å². The Labute approximate surface area is 123 Å². The first-order chi connectivity index (χ1) is 9.61. The fourth-order valence-corrected chi connectivity index (χ4v) is 3.06. The van der Waals surface area contributed by atoms with Gasteiger partial charge in [0.2, 0.25) is 0 Å². The van der Waals surface area contributed by atoms with E-state index in [1.165, 1.54) is 22.7 Å². The van der Waals surface area contributed by atoms with E-state index in [1.807, 2.05) is 17.5 Å². The minimum Gasteiger partial charge on any atom is -0.480 e. The highest BCUT2D eigenvalue weighted by Crippen LogP contribution is 2.27. The van der Waals surface area contributed by atoms with Crippen molar-refractivity contribution in [2.75, 3.05) is 0 Å². The number of carbonyl (C=O) groups is 2. The average molecular weight is 306 g/mol. The quantitative estimate of drug-likeness (QED) is 0.829. The van der Waals surface area contributed by atoms with E-state index in [0.717, 1.165) is 9.88 Å². The van der Waals surface area contributed by atoms with Gasteiger partial charge in [0.1, 0.15) is 16.7 Å². The lowest BCUT2D eigenvalue weighted by Crippen LogP contribution is -2.40. The predicted molar refractivity (Wildman–Crippen MR) is 77.8 cm³/mol. The molecule has 0 saturated heterocycles. The van der Waals surface area contributed by atoms with Crippen LogP contribution >= 0.6 is 22.7 Å². The maximum atomic E-state index is 11.9. The molecule has 102 valence electrons. The summed E-state index contributed by atoms with van der Waals surface area (Å²) in [5, 5.41) is 15.5. The second-order valence-electron chi connectivity index (χ2n) is 3.79. The molecule has 0 saturated carbocycles. The molecule has 2 N–H and O–H groups in total. The summed E-state index contributed by atoms with van der Waals surface area (Å²) in [4.78, 5) is 28.0. The van der Waals surface area contributed by atoms with Crippen LogP contribution in [0.2, 0.25) is 0 Å². The van der Waals surface area contributed by atoms with E-state index in [0.29, 0.717) is 0 Å². The molecule has 5 nitrogen and oxygen atoms in total. The first-order valence-corrected chi connectivity index (χ1v) is 7.34. The summed E-state index contributed by atoms with van der Waals surface area (Å²) in [5.74, 6) is 0.524. The van der Waals surface area contributed by atoms with Gasteiger partial charge in [-0.15, -0.1) is 35.0 Å². The van der Waals surface area contributed by atoms with Crippen LogP contribution in [0.4, 0.5) is 0 Å². The smallest absolute Gasteiger partial charge is 0.327 e. The Bertz CT molecular complexity index is 655. The molecule has 1 unspecified atom stereocenters. The molecule has 0 spiro atoms. The zero-order chi connectivity index (χ0) is 14.5. The molecule has 0 radical (unpaired) electrons. The number of thiophene rings is 1. The van der Waals surface area contributed by atoms with Gasteiger partial charge in [0.05, 0.1) is 4.88 Å². The molecule has 0 aliphatic carbocycles. The van der Waals surface area contributed by atoms with Crippen molar-refractivity contribution in [3.63, 3.8) is 0 Å². The lowest BCUT2D eigenvalue weighted by molar-refractivity contribution is -0.139. The van der Waals surface area contributed by atoms with Crippen LogP contribution in [0.15, 0.2) is 22.9 Å². The van der Waals surface area contributed by atoms with E-state index >= 15 is 0 Å². The standard InChI is InChI=1S/C13H10N2O3S2/c1-2-4-8(13(17)18)14-11(16)9-7-20-12(15-9)10-5-3-6-19-10/h1,3,5-8H,4H2,(H,14,16)(H,17,18). The second-order valence-corrected chi connectivity index (χ2v) is 5.59. The number of rotatable bonds is 5. The van der Waals surface area contributed by atoms with E-state index in [1.54, 1.807) is 5.38 Å². The summed E-state index contributed by atoms with van der Waals surface area (Å²) in [6.07, 6.45) is 5.01. The maximum absolute atomic E-state index is 11.9. The Morgan fingerprint density at radius 2 is 2.30 bits per heavy atom. The lowest BCUT2D eigenvalue weighted by Gasteiger charge is -2.10. The topological polar surface area (TPSA) is 79.3 Å². The van der Waals surface area contributed by atoms with Crippen LogP contribution in [-0.2, 0) is 4.79 Å². The van der Waals surface area contributed by atoms with E-state index < -0.39 is 17.9 Å². The molecular formula is C13H10N2O3S2. The number of hydrogen-bond acceptors (Lipinski definition) is 5. The number of aromatic nitrogens is 1. The van der Waals surface area contributed by atoms with Gasteiger partial charge in [0.25, 0.3) is 5.91 Å². The first-order valence-electron chi connectivity index (χ1n) is 5.58. The number of carboxylic acid groups (broad SMARTS) is 1. The third-order valence-corrected chi connectivity index (χ3v) is 4.28. The van der Waals surface area contributed by atoms with E-state index in [9.17, 15) is 9.59 Å². The van der Waals surface area contributed by atoms with Gasteiger partial charge in [-0.3, -0.25) is 4.79 Å². The third-order valence-electron chi connectivity index (χ3n) is 2.39. The van der Waals surface area contributed by atoms with Crippen molar-refractivity contribution in [1.29, 1.82) is 0 Å². The van der Waals surface area contributed by atoms with Gasteiger partial charge in [-0.25, -0.2) is 9.78 Å². The summed E-state index contributed by atoms with van der Waals surface area (Å²) in [6.45, 7) is 0. The number of thiazole rings is 1. The number of nitrogens with one attached hydrogen (secondary N) is 1. The number of nitrogens with zero attached hydrogens (tertiary/aromatic N) is 1. The van der Waals surface area contributed by atoms with Crippen molar-refractivity contribution in [2.24, 2.45) is 0 Å². The molecule has 2 aromatic rings. The molecule has 0 aliphatic heterocycles. The van der Waals surface area contributed by atoms with Gasteiger partial charge < -0.3 is 10.4 Å². The lowest BCUT2D eigenvalue weighted by atomic mass is 10.2. The molecule has 0 aromatic carbocycles. The van der Waals surface area contributed by atoms with E-state index in [4.69, 9.17) is 11.5 Å². The molecule has 1 atom stereocenters. The van der Waals surface area contributed by atoms with Gasteiger partial charge >= 0.3 is 5.97 Å². The fourth-order valence-electron chi connectivity index (χ4n) is 1.44. The monoisotopic (exact) mass is 306 g/mol. The van der Waals surface area contributed by atoms with Gasteiger partial charge in [0, 0.05) is 11.8 Å². The summed E-state index contributed by atoms with van der Waals surface area (Å²) in [5.41, 5.74) is 0.196. The Kier molecular flexibility index (Phi) is 4.50. The normalized spacial score (nSPS) is 11.6. The third kappa shape index (κ3) is 3.23. The van der Waals surface area contributed by atoms with Crippen molar-refractivity contribution >= 4 is 34.6 Å². The Morgan fingerprint density at radius 3 is 2.90 bits per heavy atom. The van der Waals surface area contributed by atoms with Crippen LogP contribution in [0.3, 0.4) is 0 Å². The minimum absolute atomic E-state index is 0.0665. The van der Waals surface area contributed by atoms with Crippen molar-refractivity contribution in [3.05, 3.63) is 28.6 Å². The van der Waals surface area contributed by atoms with Gasteiger partial charge in [-0.05, 0) is 11.4 Å². The van der Waals surface area contributed by atoms with Crippen LogP contribution in [0.5, 0.6) is 0 Å². The van der Waals surface area contributed by atoms with Gasteiger partial charge in [0.15, 0.2) is 0 Å². The van der Waals surface area contributed by atoms with Gasteiger partial charge in [-0.2, -0.15) is 0 Å². The maximum Gasteiger partial charge on any atom is 0.327 e. The van der Waals surface area contributed by atoms with E-state index in [2.05, 4.69) is 16.2 Å². The zero-order valence-electron chi connectivity index (χ0n) is 10.2. The van der Waals surface area contributed by atoms with Crippen molar-refractivity contribution in [1.82, 2.24) is 10.3 Å². The summed E-state index contributed by atoms with van der Waals surface area (Å²) < 4.78 is 0. The molecule has 2 rings (SSSR count). The SMILES string of the molecule is C#CCC(NC(=O)c1csc(-c2cccs2)n1)C(=O)O. The van der Waals surface area contributed by atoms with Crippen LogP contribution in [-0.4, -0.2) is 28.0 Å². The number of terminal acetylenes is 1. The second kappa shape index (κ2) is 6.32. The number of aliphatic carboxylic acids is 1. The largest absolute Gasteiger partial charge is 0.480 e. The molecule has 20 heavy (non-hydrogen) atoms. The predicted octanol–water partition coefficient (Wildman–Crippen LogP) is 2.08. The summed E-state index contributed by atoms with van der Waals surface area (Å²) >= 11 is 2.86. The molecule has 0 aliphatic rings. The highest BCUT2D eigenvalue weighted by atomic mass is 32.1. The molecule has 0 bridgehead atoms. The van der Waals surface area contributed by atoms with Crippen LogP contribution in [0.1, 0.15) is 16.9 Å². The Hall–Kier alpha value is -2.17. The van der Waals surface area contributed by atoms with Crippen LogP contribution < -0.4 is 5.32 Å². The average Bonchev–Trinajstić information content (AvgIpc) is 3.08. The summed E-state index contributed by atoms with van der Waals surface area (Å²) in [6, 6.07) is 2.71. The number of hydrogen-bond donors (Lipinski definition) is 2. The fraction of sp³-hybridized carbons (Fsp3) is 0.154. The van der Waals surface area contributed by atoms with Crippen molar-refractivity contribution in [3.8, 4) is 22.2 Å².